The molecule has 0 unspecified atom stereocenters. The topological polar surface area (TPSA) is 43.5 Å². The number of H-pyrrole nitrogens is 1. The molecule has 0 saturated heterocycles. The van der Waals surface area contributed by atoms with Crippen molar-refractivity contribution in [3.05, 3.63) is 54.4 Å². The quantitative estimate of drug-likeness (QED) is 0.484. The normalized spacial score (nSPS) is 11.2. The predicted molar refractivity (Wildman–Crippen MR) is 79.2 cm³/mol. The van der Waals surface area contributed by atoms with Gasteiger partial charge in [0.05, 0.1) is 17.1 Å². The molecule has 0 aliphatic rings. The van der Waals surface area contributed by atoms with Crippen molar-refractivity contribution in [2.75, 3.05) is 0 Å². The number of benzene rings is 2. The fourth-order valence-electron chi connectivity index (χ4n) is 2.90. The molecule has 3 heteroatoms. The molecule has 2 aromatic heterocycles. The SMILES string of the molecule is C[n+]1ccc2c(cc(C#N)c3c4ccccc4[nH]c23)c1. The summed E-state index contributed by atoms with van der Waals surface area (Å²) in [5, 5.41) is 13.8. The zero-order valence-corrected chi connectivity index (χ0v) is 11.0. The lowest BCUT2D eigenvalue weighted by molar-refractivity contribution is -0.670. The van der Waals surface area contributed by atoms with Gasteiger partial charge in [-0.1, -0.05) is 18.2 Å². The lowest BCUT2D eigenvalue weighted by Gasteiger charge is -2.00. The summed E-state index contributed by atoms with van der Waals surface area (Å²) in [6, 6.07) is 14.5. The van der Waals surface area contributed by atoms with E-state index in [-0.39, 0.29) is 0 Å². The number of nitriles is 1. The molecule has 0 aliphatic carbocycles. The molecule has 0 aliphatic heterocycles. The van der Waals surface area contributed by atoms with Crippen LogP contribution < -0.4 is 4.57 Å². The summed E-state index contributed by atoms with van der Waals surface area (Å²) in [6.45, 7) is 0. The van der Waals surface area contributed by atoms with E-state index in [2.05, 4.69) is 23.2 Å². The first-order chi connectivity index (χ1) is 9.78. The summed E-state index contributed by atoms with van der Waals surface area (Å²) in [4.78, 5) is 3.45. The number of nitrogens with zero attached hydrogens (tertiary/aromatic N) is 2. The minimum atomic E-state index is 0.719. The first-order valence-electron chi connectivity index (χ1n) is 6.50. The van der Waals surface area contributed by atoms with Gasteiger partial charge in [0.25, 0.3) is 0 Å². The van der Waals surface area contributed by atoms with Gasteiger partial charge < -0.3 is 4.98 Å². The molecule has 0 saturated carbocycles. The summed E-state index contributed by atoms with van der Waals surface area (Å²) in [6.07, 6.45) is 4.07. The van der Waals surface area contributed by atoms with Crippen LogP contribution in [0.3, 0.4) is 0 Å². The van der Waals surface area contributed by atoms with Gasteiger partial charge in [0.2, 0.25) is 0 Å². The van der Waals surface area contributed by atoms with Crippen LogP contribution in [0.2, 0.25) is 0 Å². The van der Waals surface area contributed by atoms with Gasteiger partial charge in [-0.25, -0.2) is 4.57 Å². The fraction of sp³-hybridized carbons (Fsp3) is 0.0588. The van der Waals surface area contributed by atoms with Crippen molar-refractivity contribution < 1.29 is 4.57 Å². The Balaban J connectivity index is 2.35. The standard InChI is InChI=1S/C17H11N3/c1-20-7-6-13-12(10-20)8-11(9-18)16-14-4-2-3-5-15(14)19-17(13)16/h2-8,10H,1H3/p+1. The van der Waals surface area contributed by atoms with Gasteiger partial charge in [0, 0.05) is 33.1 Å². The maximum absolute atomic E-state index is 9.47. The number of aryl methyl sites for hydroxylation is 1. The summed E-state index contributed by atoms with van der Waals surface area (Å²) < 4.78 is 2.00. The van der Waals surface area contributed by atoms with Crippen LogP contribution in [0.25, 0.3) is 32.6 Å². The third kappa shape index (κ3) is 1.36. The summed E-state index contributed by atoms with van der Waals surface area (Å²) >= 11 is 0. The Bertz CT molecular complexity index is 1020. The number of para-hydroxylation sites is 1. The van der Waals surface area contributed by atoms with Crippen LogP contribution in [0.5, 0.6) is 0 Å². The van der Waals surface area contributed by atoms with E-state index in [0.29, 0.717) is 0 Å². The maximum atomic E-state index is 9.47. The maximum Gasteiger partial charge on any atom is 0.176 e. The molecular formula is C17H12N3+. The van der Waals surface area contributed by atoms with Gasteiger partial charge in [0.15, 0.2) is 12.4 Å². The van der Waals surface area contributed by atoms with Gasteiger partial charge in [-0.05, 0) is 12.1 Å². The molecule has 0 radical (unpaired) electrons. The highest BCUT2D eigenvalue weighted by molar-refractivity contribution is 6.19. The zero-order valence-electron chi connectivity index (χ0n) is 11.0. The zero-order chi connectivity index (χ0) is 13.7. The van der Waals surface area contributed by atoms with Gasteiger partial charge in [-0.2, -0.15) is 5.26 Å². The molecule has 0 atom stereocenters. The van der Waals surface area contributed by atoms with Crippen molar-refractivity contribution in [3.63, 3.8) is 0 Å². The van der Waals surface area contributed by atoms with Gasteiger partial charge >= 0.3 is 0 Å². The molecule has 1 N–H and O–H groups in total. The molecular weight excluding hydrogens is 246 g/mol. The Morgan fingerprint density at radius 2 is 2.00 bits per heavy atom. The second-order valence-electron chi connectivity index (χ2n) is 5.07. The van der Waals surface area contributed by atoms with Crippen LogP contribution in [0.15, 0.2) is 48.8 Å². The van der Waals surface area contributed by atoms with Crippen LogP contribution in [0.4, 0.5) is 0 Å². The van der Waals surface area contributed by atoms with E-state index in [1.807, 2.05) is 48.3 Å². The number of aromatic nitrogens is 2. The molecule has 4 aromatic rings. The van der Waals surface area contributed by atoms with E-state index in [9.17, 15) is 5.26 Å². The van der Waals surface area contributed by atoms with Crippen molar-refractivity contribution in [3.8, 4) is 6.07 Å². The Hall–Kier alpha value is -2.86. The van der Waals surface area contributed by atoms with Crippen LogP contribution in [-0.2, 0) is 7.05 Å². The highest BCUT2D eigenvalue weighted by Gasteiger charge is 2.13. The van der Waals surface area contributed by atoms with E-state index < -0.39 is 0 Å². The number of aromatic amines is 1. The van der Waals surface area contributed by atoms with Gasteiger partial charge in [-0.3, -0.25) is 0 Å². The summed E-state index contributed by atoms with van der Waals surface area (Å²) in [7, 11) is 1.99. The fourth-order valence-corrected chi connectivity index (χ4v) is 2.90. The highest BCUT2D eigenvalue weighted by Crippen LogP contribution is 2.33. The second-order valence-corrected chi connectivity index (χ2v) is 5.07. The lowest BCUT2D eigenvalue weighted by Crippen LogP contribution is -2.25. The number of rotatable bonds is 0. The van der Waals surface area contributed by atoms with Crippen molar-refractivity contribution in [2.45, 2.75) is 0 Å². The average Bonchev–Trinajstić information content (AvgIpc) is 2.85. The monoisotopic (exact) mass is 258 g/mol. The molecule has 0 spiro atoms. The van der Waals surface area contributed by atoms with Crippen molar-refractivity contribution >= 4 is 32.6 Å². The second kappa shape index (κ2) is 3.82. The van der Waals surface area contributed by atoms with Gasteiger partial charge in [-0.15, -0.1) is 0 Å². The first-order valence-corrected chi connectivity index (χ1v) is 6.50. The van der Waals surface area contributed by atoms with Gasteiger partial charge in [0.1, 0.15) is 7.05 Å². The van der Waals surface area contributed by atoms with E-state index in [1.54, 1.807) is 0 Å². The van der Waals surface area contributed by atoms with E-state index >= 15 is 0 Å². The largest absolute Gasteiger partial charge is 0.354 e. The molecule has 0 fully saturated rings. The van der Waals surface area contributed by atoms with E-state index in [4.69, 9.17) is 0 Å². The van der Waals surface area contributed by atoms with Crippen molar-refractivity contribution in [2.24, 2.45) is 7.05 Å². The Morgan fingerprint density at radius 1 is 1.15 bits per heavy atom. The Morgan fingerprint density at radius 3 is 2.85 bits per heavy atom. The van der Waals surface area contributed by atoms with Crippen LogP contribution in [-0.4, -0.2) is 4.98 Å². The molecule has 3 nitrogen and oxygen atoms in total. The number of hydrogen-bond acceptors (Lipinski definition) is 1. The molecule has 2 aromatic carbocycles. The van der Waals surface area contributed by atoms with Crippen molar-refractivity contribution in [1.29, 1.82) is 5.26 Å². The lowest BCUT2D eigenvalue weighted by atomic mass is 10.0. The highest BCUT2D eigenvalue weighted by atomic mass is 14.9. The summed E-state index contributed by atoms with van der Waals surface area (Å²) in [5.41, 5.74) is 2.83. The molecule has 94 valence electrons. The molecule has 20 heavy (non-hydrogen) atoms. The number of nitrogens with one attached hydrogen (secondary N) is 1. The minimum absolute atomic E-state index is 0.719. The third-order valence-corrected chi connectivity index (χ3v) is 3.80. The number of hydrogen-bond donors (Lipinski definition) is 1. The van der Waals surface area contributed by atoms with Crippen LogP contribution in [0, 0.1) is 11.3 Å². The minimum Gasteiger partial charge on any atom is -0.354 e. The molecule has 0 amide bonds. The first kappa shape index (κ1) is 11.0. The predicted octanol–water partition coefficient (Wildman–Crippen LogP) is 3.17. The number of pyridine rings is 1. The summed E-state index contributed by atoms with van der Waals surface area (Å²) in [5.74, 6) is 0. The molecule has 0 bridgehead atoms. The van der Waals surface area contributed by atoms with E-state index in [1.165, 1.54) is 0 Å². The Kier molecular flexibility index (Phi) is 2.10. The van der Waals surface area contributed by atoms with Crippen LogP contribution >= 0.6 is 0 Å². The molecule has 4 rings (SSSR count). The smallest absolute Gasteiger partial charge is 0.176 e. The van der Waals surface area contributed by atoms with E-state index in [0.717, 1.165) is 38.1 Å². The average molecular weight is 258 g/mol. The molecule has 2 heterocycles. The third-order valence-electron chi connectivity index (χ3n) is 3.80. The van der Waals surface area contributed by atoms with Crippen LogP contribution in [0.1, 0.15) is 5.56 Å². The Labute approximate surface area is 115 Å². The number of fused-ring (bicyclic) bond motifs is 5. The van der Waals surface area contributed by atoms with Crippen molar-refractivity contribution in [1.82, 2.24) is 4.98 Å².